The van der Waals surface area contributed by atoms with Crippen LogP contribution < -0.4 is 14.0 Å². The van der Waals surface area contributed by atoms with Crippen molar-refractivity contribution in [1.82, 2.24) is 4.72 Å². The van der Waals surface area contributed by atoms with Gasteiger partial charge in [0.05, 0.1) is 10.6 Å². The van der Waals surface area contributed by atoms with E-state index in [4.69, 9.17) is 21.6 Å². The highest BCUT2D eigenvalue weighted by Crippen LogP contribution is 2.51. The largest absolute Gasteiger partial charge is 0.485 e. The van der Waals surface area contributed by atoms with Crippen LogP contribution >= 0.6 is 30.5 Å². The lowest BCUT2D eigenvalue weighted by atomic mass is 10.1. The van der Waals surface area contributed by atoms with E-state index in [1.165, 1.54) is 6.92 Å². The molecule has 0 amide bonds. The molecule has 9 nitrogen and oxygen atoms in total. The molecule has 4 aromatic rings. The number of nitriles is 1. The third-order valence-electron chi connectivity index (χ3n) is 5.61. The number of hydrogen-bond acceptors (Lipinski definition) is 6. The molecular weight excluding hydrogens is 576 g/mol. The second-order valence-corrected chi connectivity index (χ2v) is 13.2. The zero-order chi connectivity index (χ0) is 27.7. The molecule has 198 valence electrons. The van der Waals surface area contributed by atoms with Gasteiger partial charge in [-0.3, -0.25) is 4.57 Å². The quantitative estimate of drug-likeness (QED) is 0.192. The van der Waals surface area contributed by atoms with Gasteiger partial charge in [0.2, 0.25) is 0 Å². The first-order valence-corrected chi connectivity index (χ1v) is 15.3. The summed E-state index contributed by atoms with van der Waals surface area (Å²) in [6.45, 7) is 2.39. The number of benzene rings is 2. The summed E-state index contributed by atoms with van der Waals surface area (Å²) in [4.78, 5) is 19.7. The van der Waals surface area contributed by atoms with E-state index in [0.29, 0.717) is 29.0 Å². The molecule has 2 aromatic heterocycles. The highest BCUT2D eigenvalue weighted by atomic mass is 35.5. The molecule has 2 aromatic carbocycles. The summed E-state index contributed by atoms with van der Waals surface area (Å²) in [5, 5.41) is 9.54. The molecule has 1 atom stereocenters. The van der Waals surface area contributed by atoms with Crippen LogP contribution in [-0.4, -0.2) is 24.8 Å². The molecule has 3 N–H and O–H groups in total. The number of halogens is 2. The highest BCUT2D eigenvalue weighted by molar-refractivity contribution is 7.92. The first-order valence-electron chi connectivity index (χ1n) is 11.0. The predicted octanol–water partition coefficient (Wildman–Crippen LogP) is 4.40. The third kappa shape index (κ3) is 5.90. The van der Waals surface area contributed by atoms with Gasteiger partial charge in [-0.1, -0.05) is 23.7 Å². The number of fused-ring (bicyclic) bond motifs is 1. The van der Waals surface area contributed by atoms with Gasteiger partial charge in [0.1, 0.15) is 34.2 Å². The molecule has 4 rings (SSSR count). The fraction of sp³-hybridized carbons (Fsp3) is 0.167. The lowest BCUT2D eigenvalue weighted by molar-refractivity contribution is -0.697. The van der Waals surface area contributed by atoms with Crippen molar-refractivity contribution in [3.05, 3.63) is 88.5 Å². The topological polar surface area (TPSA) is 141 Å². The lowest BCUT2D eigenvalue weighted by Gasteiger charge is -2.20. The molecule has 0 saturated heterocycles. The standard InChI is InChI=1S/C24H20ClFN3O6PS2/c1-15-21-20(8-7-19(22(21)25)35-12-11-29-9-3-2-4-10-29)37-24(15)38(33,34)28-23(36(30,31)32)16-5-6-17(14-27)18(26)13-16/h2-10,13,23,28H,11-12H2,1H3,(H-,30,31,32)/p+1. The van der Waals surface area contributed by atoms with Crippen LogP contribution in [0.5, 0.6) is 5.75 Å². The Hall–Kier alpha value is -2.88. The number of nitrogens with one attached hydrogen (secondary N) is 1. The average Bonchev–Trinajstić information content (AvgIpc) is 3.22. The molecule has 14 heteroatoms. The average molecular weight is 597 g/mol. The number of thiophene rings is 1. The van der Waals surface area contributed by atoms with Crippen molar-refractivity contribution in [1.29, 1.82) is 5.26 Å². The second-order valence-electron chi connectivity index (χ2n) is 8.19. The van der Waals surface area contributed by atoms with Crippen LogP contribution in [0.3, 0.4) is 0 Å². The Kier molecular flexibility index (Phi) is 8.20. The molecule has 2 heterocycles. The molecular formula is C24H21ClFN3O6PS2+. The Morgan fingerprint density at radius 1 is 1.24 bits per heavy atom. The lowest BCUT2D eigenvalue weighted by Crippen LogP contribution is -2.35. The molecule has 0 aliphatic heterocycles. The van der Waals surface area contributed by atoms with Crippen molar-refractivity contribution >= 4 is 50.6 Å². The Balaban J connectivity index is 1.65. The summed E-state index contributed by atoms with van der Waals surface area (Å²) in [5.41, 5.74) is -0.417. The van der Waals surface area contributed by atoms with Gasteiger partial charge in [-0.2, -0.15) is 9.98 Å². The van der Waals surface area contributed by atoms with Crippen LogP contribution in [0.1, 0.15) is 22.5 Å². The number of nitrogens with zero attached hydrogens (tertiary/aromatic N) is 2. The van der Waals surface area contributed by atoms with Gasteiger partial charge >= 0.3 is 7.60 Å². The molecule has 0 saturated carbocycles. The minimum Gasteiger partial charge on any atom is -0.485 e. The maximum atomic E-state index is 14.1. The van der Waals surface area contributed by atoms with Crippen molar-refractivity contribution in [3.63, 3.8) is 0 Å². The normalized spacial score (nSPS) is 12.8. The molecule has 0 aliphatic rings. The smallest absolute Gasteiger partial charge is 0.347 e. The first kappa shape index (κ1) is 28.1. The van der Waals surface area contributed by atoms with Crippen LogP contribution in [0.4, 0.5) is 4.39 Å². The highest BCUT2D eigenvalue weighted by Gasteiger charge is 2.37. The van der Waals surface area contributed by atoms with Crippen molar-refractivity contribution in [2.24, 2.45) is 0 Å². The van der Waals surface area contributed by atoms with E-state index in [1.54, 1.807) is 18.2 Å². The van der Waals surface area contributed by atoms with Crippen LogP contribution in [0.15, 0.2) is 65.1 Å². The molecule has 0 fully saturated rings. The third-order valence-corrected chi connectivity index (χ3v) is 10.6. The number of rotatable bonds is 9. The van der Waals surface area contributed by atoms with Crippen LogP contribution in [0, 0.1) is 24.1 Å². The summed E-state index contributed by atoms with van der Waals surface area (Å²) in [5.74, 6) is -2.76. The van der Waals surface area contributed by atoms with E-state index < -0.39 is 29.2 Å². The number of hydrogen-bond donors (Lipinski definition) is 3. The fourth-order valence-electron chi connectivity index (χ4n) is 3.79. The summed E-state index contributed by atoms with van der Waals surface area (Å²) < 4.78 is 63.1. The number of ether oxygens (including phenoxy) is 1. The summed E-state index contributed by atoms with van der Waals surface area (Å²) in [6, 6.07) is 13.4. The van der Waals surface area contributed by atoms with Crippen molar-refractivity contribution in [2.45, 2.75) is 23.5 Å². The number of pyridine rings is 1. The Morgan fingerprint density at radius 2 is 1.95 bits per heavy atom. The fourth-order valence-corrected chi connectivity index (χ4v) is 8.56. The molecule has 38 heavy (non-hydrogen) atoms. The van der Waals surface area contributed by atoms with E-state index in [0.717, 1.165) is 29.5 Å². The minimum atomic E-state index is -5.15. The summed E-state index contributed by atoms with van der Waals surface area (Å²) >= 11 is 7.45. The summed E-state index contributed by atoms with van der Waals surface area (Å²) in [6.07, 6.45) is 3.77. The number of aryl methyl sites for hydroxylation is 1. The number of sulfonamides is 1. The van der Waals surface area contributed by atoms with E-state index in [1.807, 2.05) is 39.9 Å². The zero-order valence-corrected chi connectivity index (χ0v) is 23.0. The van der Waals surface area contributed by atoms with E-state index >= 15 is 0 Å². The Bertz CT molecular complexity index is 1700. The van der Waals surface area contributed by atoms with Gasteiger partial charge in [-0.15, -0.1) is 11.3 Å². The second kappa shape index (κ2) is 11.1. The van der Waals surface area contributed by atoms with E-state index in [-0.39, 0.29) is 25.9 Å². The first-order chi connectivity index (χ1) is 17.9. The minimum absolute atomic E-state index is 0.205. The van der Waals surface area contributed by atoms with E-state index in [2.05, 4.69) is 0 Å². The van der Waals surface area contributed by atoms with Gasteiger partial charge in [-0.05, 0) is 42.3 Å². The van der Waals surface area contributed by atoms with Crippen LogP contribution in [-0.2, 0) is 21.1 Å². The monoisotopic (exact) mass is 596 g/mol. The van der Waals surface area contributed by atoms with Gasteiger partial charge in [0.15, 0.2) is 18.9 Å². The molecule has 0 spiro atoms. The van der Waals surface area contributed by atoms with E-state index in [9.17, 15) is 27.2 Å². The zero-order valence-electron chi connectivity index (χ0n) is 19.7. The number of aromatic nitrogens is 1. The Morgan fingerprint density at radius 3 is 2.58 bits per heavy atom. The molecule has 0 bridgehead atoms. The van der Waals surface area contributed by atoms with Gasteiger partial charge in [0, 0.05) is 22.2 Å². The maximum absolute atomic E-state index is 14.1. The SMILES string of the molecule is Cc1c(S(=O)(=O)NC(c2ccc(C#N)c(F)c2)P(=O)(O)O)sc2ccc(OCC[n+]3ccccc3)c(Cl)c12. The summed E-state index contributed by atoms with van der Waals surface area (Å²) in [7, 11) is -9.65. The molecule has 0 radical (unpaired) electrons. The van der Waals surface area contributed by atoms with Gasteiger partial charge < -0.3 is 14.5 Å². The van der Waals surface area contributed by atoms with Gasteiger partial charge in [0.25, 0.3) is 10.0 Å². The maximum Gasteiger partial charge on any atom is 0.347 e. The van der Waals surface area contributed by atoms with Gasteiger partial charge in [-0.25, -0.2) is 17.4 Å². The van der Waals surface area contributed by atoms with Crippen molar-refractivity contribution in [2.75, 3.05) is 6.61 Å². The molecule has 1 unspecified atom stereocenters. The predicted molar refractivity (Wildman–Crippen MR) is 140 cm³/mol. The molecule has 0 aliphatic carbocycles. The van der Waals surface area contributed by atoms with Crippen LogP contribution in [0.2, 0.25) is 5.02 Å². The van der Waals surface area contributed by atoms with Crippen LogP contribution in [0.25, 0.3) is 10.1 Å². The van der Waals surface area contributed by atoms with Crippen molar-refractivity contribution in [3.8, 4) is 11.8 Å². The van der Waals surface area contributed by atoms with Crippen molar-refractivity contribution < 1.29 is 36.5 Å². The Labute approximate surface area is 226 Å².